The van der Waals surface area contributed by atoms with Crippen molar-refractivity contribution in [2.75, 3.05) is 36.8 Å². The number of sulfone groups is 1. The summed E-state index contributed by atoms with van der Waals surface area (Å²) < 4.78 is 76.1. The van der Waals surface area contributed by atoms with Gasteiger partial charge in [-0.1, -0.05) is 0 Å². The molecule has 48 heavy (non-hydrogen) atoms. The average Bonchev–Trinajstić information content (AvgIpc) is 3.08. The number of methoxy groups -OCH3 is 1. The lowest BCUT2D eigenvalue weighted by atomic mass is 9.90. The van der Waals surface area contributed by atoms with E-state index < -0.39 is 27.3 Å². The van der Waals surface area contributed by atoms with Crippen molar-refractivity contribution < 1.29 is 35.9 Å². The predicted molar refractivity (Wildman–Crippen MR) is 167 cm³/mol. The van der Waals surface area contributed by atoms with Crippen molar-refractivity contribution in [2.24, 2.45) is 0 Å². The minimum absolute atomic E-state index is 0.0561. The fourth-order valence-corrected chi connectivity index (χ4v) is 5.81. The highest BCUT2D eigenvalue weighted by Gasteiger charge is 2.36. The van der Waals surface area contributed by atoms with E-state index in [1.807, 2.05) is 0 Å². The van der Waals surface area contributed by atoms with E-state index in [1.54, 1.807) is 24.2 Å². The molecule has 0 unspecified atom stereocenters. The van der Waals surface area contributed by atoms with Gasteiger partial charge in [0.1, 0.15) is 12.2 Å². The van der Waals surface area contributed by atoms with Crippen LogP contribution >= 0.6 is 0 Å². The van der Waals surface area contributed by atoms with Gasteiger partial charge >= 0.3 is 12.2 Å². The minimum Gasteiger partial charge on any atom is -0.467 e. The Morgan fingerprint density at radius 3 is 2.29 bits per heavy atom. The molecule has 1 saturated carbocycles. The molecule has 254 valence electrons. The van der Waals surface area contributed by atoms with Crippen LogP contribution in [0.1, 0.15) is 38.2 Å². The lowest BCUT2D eigenvalue weighted by molar-refractivity contribution is -0.137. The molecule has 14 nitrogen and oxygen atoms in total. The Balaban J connectivity index is 1.33. The molecule has 0 bridgehead atoms. The first kappa shape index (κ1) is 34.5. The number of pyridine rings is 1. The monoisotopic (exact) mass is 687 g/mol. The topological polar surface area (TPSA) is 175 Å². The lowest BCUT2D eigenvalue weighted by Crippen LogP contribution is -2.46. The summed E-state index contributed by atoms with van der Waals surface area (Å²) in [6.45, 7) is 1.98. The highest BCUT2D eigenvalue weighted by Crippen LogP contribution is 2.37. The van der Waals surface area contributed by atoms with Gasteiger partial charge in [-0.3, -0.25) is 19.7 Å². The molecule has 0 atom stereocenters. The van der Waals surface area contributed by atoms with Crippen LogP contribution in [-0.2, 0) is 25.5 Å². The summed E-state index contributed by atoms with van der Waals surface area (Å²) in [5.41, 5.74) is -0.626. The molecular formula is C30H32F3N9O5S. The molecular weight excluding hydrogens is 655 g/mol. The van der Waals surface area contributed by atoms with Gasteiger partial charge in [0.15, 0.2) is 15.7 Å². The molecule has 1 amide bonds. The fraction of sp³-hybridized carbons (Fsp3) is 0.400. The van der Waals surface area contributed by atoms with Crippen molar-refractivity contribution in [3.63, 3.8) is 0 Å². The van der Waals surface area contributed by atoms with E-state index in [0.717, 1.165) is 24.7 Å². The Hall–Kier alpha value is -4.84. The molecule has 5 rings (SSSR count). The predicted octanol–water partition coefficient (Wildman–Crippen LogP) is 4.01. The van der Waals surface area contributed by atoms with Crippen LogP contribution in [0, 0.1) is 0 Å². The van der Waals surface area contributed by atoms with Crippen LogP contribution in [-0.4, -0.2) is 87.9 Å². The summed E-state index contributed by atoms with van der Waals surface area (Å²) in [7, 11) is -2.27. The number of carbonyl (C=O) groups excluding carboxylic acids is 1. The zero-order valence-corrected chi connectivity index (χ0v) is 27.0. The molecule has 1 fully saturated rings. The summed E-state index contributed by atoms with van der Waals surface area (Å²) in [6, 6.07) is 0.833. The van der Waals surface area contributed by atoms with E-state index in [4.69, 9.17) is 9.47 Å². The van der Waals surface area contributed by atoms with Gasteiger partial charge < -0.3 is 14.8 Å². The van der Waals surface area contributed by atoms with Gasteiger partial charge in [-0.25, -0.2) is 33.3 Å². The normalized spacial score (nSPS) is 16.7. The third kappa shape index (κ3) is 8.17. The Labute approximate surface area is 274 Å². The lowest BCUT2D eigenvalue weighted by Gasteiger charge is -2.36. The highest BCUT2D eigenvalue weighted by molar-refractivity contribution is 7.90. The number of carbonyl (C=O) groups is 1. The second-order valence-electron chi connectivity index (χ2n) is 10.9. The van der Waals surface area contributed by atoms with Gasteiger partial charge in [-0.2, -0.15) is 13.2 Å². The average molecular weight is 688 g/mol. The number of amides is 1. The maximum atomic E-state index is 13.9. The molecule has 1 N–H and O–H groups in total. The molecule has 0 aromatic carbocycles. The van der Waals surface area contributed by atoms with Crippen LogP contribution < -0.4 is 15.0 Å². The maximum Gasteiger partial charge on any atom is 0.419 e. The van der Waals surface area contributed by atoms with Crippen LogP contribution in [0.25, 0.3) is 22.5 Å². The first-order valence-electron chi connectivity index (χ1n) is 14.8. The Morgan fingerprint density at radius 2 is 1.69 bits per heavy atom. The van der Waals surface area contributed by atoms with E-state index >= 15 is 0 Å². The largest absolute Gasteiger partial charge is 0.467 e. The third-order valence-electron chi connectivity index (χ3n) is 7.59. The maximum absolute atomic E-state index is 13.9. The van der Waals surface area contributed by atoms with Crippen molar-refractivity contribution in [2.45, 2.75) is 55.8 Å². The van der Waals surface area contributed by atoms with Crippen LogP contribution in [0.4, 0.5) is 24.9 Å². The first-order chi connectivity index (χ1) is 22.9. The minimum atomic E-state index is -4.80. The van der Waals surface area contributed by atoms with Crippen molar-refractivity contribution >= 4 is 27.5 Å². The zero-order valence-electron chi connectivity index (χ0n) is 26.2. The van der Waals surface area contributed by atoms with Gasteiger partial charge in [-0.15, -0.1) is 0 Å². The third-order valence-corrected chi connectivity index (χ3v) is 8.67. The molecule has 4 aromatic rings. The van der Waals surface area contributed by atoms with E-state index in [1.165, 1.54) is 19.5 Å². The number of ether oxygens (including phenoxy) is 2. The standard InChI is InChI=1S/C30H32F3N9O5S/c1-4-47-17-26(43)42(25-16-35-24(15-36-25)19-11-38-29(46-2)39-12-19)21-7-5-20(6-8-21)40-28-37-14-23(30(31,32)33)27(41-28)18-9-22(13-34-10-18)48(3,44)45/h9-16,20-21H,4-8,17H2,1-3H3,(H,37,40,41). The van der Waals surface area contributed by atoms with Gasteiger partial charge in [0.25, 0.3) is 5.91 Å². The molecule has 18 heteroatoms. The van der Waals surface area contributed by atoms with Crippen LogP contribution in [0.5, 0.6) is 6.01 Å². The number of nitrogens with zero attached hydrogens (tertiary/aromatic N) is 8. The SMILES string of the molecule is CCOCC(=O)N(c1cnc(-c2cnc(OC)nc2)cn1)C1CCC(Nc2ncc(C(F)(F)F)c(-c3cncc(S(C)(=O)=O)c3)n2)CC1. The molecule has 4 aromatic heterocycles. The molecule has 1 aliphatic carbocycles. The van der Waals surface area contributed by atoms with Crippen LogP contribution in [0.3, 0.4) is 0 Å². The van der Waals surface area contributed by atoms with Crippen molar-refractivity contribution in [1.82, 2.24) is 34.9 Å². The second-order valence-corrected chi connectivity index (χ2v) is 12.9. The number of aromatic nitrogens is 7. The van der Waals surface area contributed by atoms with E-state index in [-0.39, 0.29) is 47.0 Å². The number of nitrogens with one attached hydrogen (secondary N) is 1. The summed E-state index contributed by atoms with van der Waals surface area (Å²) in [5.74, 6) is -0.00173. The molecule has 0 aliphatic heterocycles. The van der Waals surface area contributed by atoms with Crippen molar-refractivity contribution in [3.8, 4) is 28.5 Å². The number of alkyl halides is 3. The van der Waals surface area contributed by atoms with E-state index in [0.29, 0.717) is 55.6 Å². The molecule has 1 aliphatic rings. The second kappa shape index (κ2) is 14.5. The first-order valence-corrected chi connectivity index (χ1v) is 16.7. The number of rotatable bonds is 11. The number of halogens is 3. The van der Waals surface area contributed by atoms with E-state index in [9.17, 15) is 26.4 Å². The van der Waals surface area contributed by atoms with Gasteiger partial charge in [0, 0.05) is 67.1 Å². The summed E-state index contributed by atoms with van der Waals surface area (Å²) in [6.07, 6.45) is 7.22. The molecule has 0 radical (unpaired) electrons. The highest BCUT2D eigenvalue weighted by atomic mass is 32.2. The molecule has 4 heterocycles. The summed E-state index contributed by atoms with van der Waals surface area (Å²) >= 11 is 0. The summed E-state index contributed by atoms with van der Waals surface area (Å²) in [5, 5.41) is 3.11. The van der Waals surface area contributed by atoms with Gasteiger partial charge in [-0.05, 0) is 38.7 Å². The van der Waals surface area contributed by atoms with Gasteiger partial charge in [0.2, 0.25) is 5.95 Å². The molecule has 0 saturated heterocycles. The Bertz CT molecular complexity index is 1840. The van der Waals surface area contributed by atoms with Crippen molar-refractivity contribution in [1.29, 1.82) is 0 Å². The Kier molecular flexibility index (Phi) is 10.4. The molecule has 0 spiro atoms. The fourth-order valence-electron chi connectivity index (χ4n) is 5.22. The van der Waals surface area contributed by atoms with E-state index in [2.05, 4.69) is 40.2 Å². The smallest absolute Gasteiger partial charge is 0.419 e. The summed E-state index contributed by atoms with van der Waals surface area (Å²) in [4.78, 5) is 43.6. The van der Waals surface area contributed by atoms with Crippen LogP contribution in [0.2, 0.25) is 0 Å². The number of hydrogen-bond donors (Lipinski definition) is 1. The van der Waals surface area contributed by atoms with Gasteiger partial charge in [0.05, 0.1) is 35.8 Å². The number of anilines is 2. The van der Waals surface area contributed by atoms with Crippen LogP contribution in [0.15, 0.2) is 54.3 Å². The van der Waals surface area contributed by atoms with Crippen molar-refractivity contribution in [3.05, 3.63) is 55.0 Å². The number of hydrogen-bond acceptors (Lipinski definition) is 13. The zero-order chi connectivity index (χ0) is 34.5. The Morgan fingerprint density at radius 1 is 0.958 bits per heavy atom. The quantitative estimate of drug-likeness (QED) is 0.240.